The number of benzene rings is 2. The molecule has 27 heavy (non-hydrogen) atoms. The van der Waals surface area contributed by atoms with E-state index >= 15 is 0 Å². The molecule has 7 heteroatoms. The first kappa shape index (κ1) is 24.5. The zero-order valence-electron chi connectivity index (χ0n) is 14.7. The standard InChI is InChI=1S/2C10H9FO2.Cu/c2*1-7(12)6-10(13)8-2-4-9(11)5-3-8;/h2*2-5H,6H2,1H3;. The number of ketones is 4. The summed E-state index contributed by atoms with van der Waals surface area (Å²) in [6, 6.07) is 10.3. The molecule has 0 aliphatic heterocycles. The van der Waals surface area contributed by atoms with E-state index < -0.39 is 0 Å². The van der Waals surface area contributed by atoms with Gasteiger partial charge in [-0.15, -0.1) is 0 Å². The van der Waals surface area contributed by atoms with Crippen molar-refractivity contribution in [2.45, 2.75) is 26.7 Å². The first-order valence-electron chi connectivity index (χ1n) is 7.75. The van der Waals surface area contributed by atoms with E-state index in [2.05, 4.69) is 0 Å². The molecule has 4 nitrogen and oxygen atoms in total. The SMILES string of the molecule is CC(=O)CC(=O)c1ccc(F)cc1.CC(=O)CC(=O)c1ccc(F)cc1.[Cu]. The Morgan fingerprint density at radius 2 is 0.889 bits per heavy atom. The fourth-order valence-electron chi connectivity index (χ4n) is 1.93. The molecule has 0 atom stereocenters. The van der Waals surface area contributed by atoms with Gasteiger partial charge >= 0.3 is 0 Å². The van der Waals surface area contributed by atoms with Crippen molar-refractivity contribution >= 4 is 23.1 Å². The Morgan fingerprint density at radius 1 is 0.630 bits per heavy atom. The maximum absolute atomic E-state index is 12.4. The summed E-state index contributed by atoms with van der Waals surface area (Å²) in [4.78, 5) is 43.6. The summed E-state index contributed by atoms with van der Waals surface area (Å²) in [5.74, 6) is -1.69. The largest absolute Gasteiger partial charge is 0.300 e. The van der Waals surface area contributed by atoms with E-state index in [0.717, 1.165) is 0 Å². The summed E-state index contributed by atoms with van der Waals surface area (Å²) in [5, 5.41) is 0. The first-order valence-corrected chi connectivity index (χ1v) is 7.75. The van der Waals surface area contributed by atoms with E-state index in [1.165, 1.54) is 62.4 Å². The summed E-state index contributed by atoms with van der Waals surface area (Å²) in [6.45, 7) is 2.70. The third-order valence-corrected chi connectivity index (χ3v) is 3.15. The molecule has 0 N–H and O–H groups in total. The molecule has 0 bridgehead atoms. The van der Waals surface area contributed by atoms with Gasteiger partial charge in [0.25, 0.3) is 0 Å². The molecule has 1 radical (unpaired) electrons. The van der Waals surface area contributed by atoms with Crippen molar-refractivity contribution in [3.8, 4) is 0 Å². The summed E-state index contributed by atoms with van der Waals surface area (Å²) in [7, 11) is 0. The van der Waals surface area contributed by atoms with Gasteiger partial charge in [-0.2, -0.15) is 0 Å². The monoisotopic (exact) mass is 423 g/mol. The van der Waals surface area contributed by atoms with E-state index in [0.29, 0.717) is 11.1 Å². The van der Waals surface area contributed by atoms with E-state index in [4.69, 9.17) is 0 Å². The molecule has 0 saturated carbocycles. The van der Waals surface area contributed by atoms with Crippen LogP contribution in [0.5, 0.6) is 0 Å². The van der Waals surface area contributed by atoms with E-state index in [-0.39, 0.29) is 64.7 Å². The van der Waals surface area contributed by atoms with Crippen LogP contribution in [0.4, 0.5) is 8.78 Å². The van der Waals surface area contributed by atoms with Gasteiger partial charge in [0.15, 0.2) is 11.6 Å². The molecule has 0 heterocycles. The van der Waals surface area contributed by atoms with Gasteiger partial charge in [-0.1, -0.05) is 0 Å². The van der Waals surface area contributed by atoms with Gasteiger partial charge in [0.2, 0.25) is 0 Å². The topological polar surface area (TPSA) is 68.3 Å². The normalized spacial score (nSPS) is 9.33. The second-order valence-electron chi connectivity index (χ2n) is 5.62. The fraction of sp³-hybridized carbons (Fsp3) is 0.200. The number of carbonyl (C=O) groups is 4. The Balaban J connectivity index is 0.000000483. The van der Waals surface area contributed by atoms with Crippen LogP contribution in [0.3, 0.4) is 0 Å². The van der Waals surface area contributed by atoms with Gasteiger partial charge in [-0.3, -0.25) is 19.2 Å². The number of carbonyl (C=O) groups excluding carboxylic acids is 4. The molecule has 2 aromatic carbocycles. The Bertz CT molecular complexity index is 730. The summed E-state index contributed by atoms with van der Waals surface area (Å²) >= 11 is 0. The average molecular weight is 424 g/mol. The van der Waals surface area contributed by atoms with Gasteiger partial charge in [-0.25, -0.2) is 8.78 Å². The van der Waals surface area contributed by atoms with Crippen LogP contribution in [0.15, 0.2) is 48.5 Å². The van der Waals surface area contributed by atoms with Crippen LogP contribution in [0.2, 0.25) is 0 Å². The van der Waals surface area contributed by atoms with Crippen LogP contribution < -0.4 is 0 Å². The van der Waals surface area contributed by atoms with Crippen LogP contribution in [0, 0.1) is 11.6 Å². The van der Waals surface area contributed by atoms with E-state index in [1.807, 2.05) is 0 Å². The van der Waals surface area contributed by atoms with Crippen molar-refractivity contribution in [2.24, 2.45) is 0 Å². The van der Waals surface area contributed by atoms with E-state index in [9.17, 15) is 28.0 Å². The smallest absolute Gasteiger partial charge is 0.170 e. The summed E-state index contributed by atoms with van der Waals surface area (Å²) < 4.78 is 24.9. The molecular formula is C20H18CuF2O4. The quantitative estimate of drug-likeness (QED) is 0.400. The second-order valence-corrected chi connectivity index (χ2v) is 5.62. The molecule has 147 valence electrons. The zero-order valence-corrected chi connectivity index (χ0v) is 15.7. The van der Waals surface area contributed by atoms with Crippen molar-refractivity contribution in [1.29, 1.82) is 0 Å². The summed E-state index contributed by atoms with van der Waals surface area (Å²) in [6.07, 6.45) is -0.239. The van der Waals surface area contributed by atoms with Gasteiger partial charge in [-0.05, 0) is 62.4 Å². The molecule has 0 unspecified atom stereocenters. The minimum Gasteiger partial charge on any atom is -0.300 e. The first-order chi connectivity index (χ1) is 12.2. The molecule has 0 aliphatic carbocycles. The molecule has 2 rings (SSSR count). The number of halogens is 2. The average Bonchev–Trinajstić information content (AvgIpc) is 2.55. The van der Waals surface area contributed by atoms with Crippen molar-refractivity contribution in [2.75, 3.05) is 0 Å². The van der Waals surface area contributed by atoms with Gasteiger partial charge in [0.05, 0.1) is 12.8 Å². The molecular weight excluding hydrogens is 406 g/mol. The maximum Gasteiger partial charge on any atom is 0.170 e. The van der Waals surface area contributed by atoms with E-state index in [1.54, 1.807) is 0 Å². The molecule has 2 aromatic rings. The number of hydrogen-bond acceptors (Lipinski definition) is 4. The molecule has 0 fully saturated rings. The molecule has 0 amide bonds. The number of rotatable bonds is 6. The van der Waals surface area contributed by atoms with Gasteiger partial charge in [0.1, 0.15) is 23.2 Å². The van der Waals surface area contributed by atoms with Gasteiger partial charge < -0.3 is 0 Å². The van der Waals surface area contributed by atoms with Crippen molar-refractivity contribution in [3.63, 3.8) is 0 Å². The van der Waals surface area contributed by atoms with Crippen molar-refractivity contribution in [1.82, 2.24) is 0 Å². The molecule has 0 spiro atoms. The molecule has 0 aliphatic rings. The van der Waals surface area contributed by atoms with Crippen LogP contribution in [0.1, 0.15) is 47.4 Å². The third-order valence-electron chi connectivity index (χ3n) is 3.15. The van der Waals surface area contributed by atoms with Crippen molar-refractivity contribution < 1.29 is 45.0 Å². The number of hydrogen-bond donors (Lipinski definition) is 0. The Hall–Kier alpha value is -2.50. The predicted molar refractivity (Wildman–Crippen MR) is 92.1 cm³/mol. The van der Waals surface area contributed by atoms with Crippen LogP contribution in [-0.4, -0.2) is 23.1 Å². The molecule has 0 saturated heterocycles. The third kappa shape index (κ3) is 9.68. The second kappa shape index (κ2) is 12.0. The Kier molecular flexibility index (Phi) is 10.9. The fourth-order valence-corrected chi connectivity index (χ4v) is 1.93. The summed E-state index contributed by atoms with van der Waals surface area (Å²) in [5.41, 5.74) is 0.744. The predicted octanol–water partition coefficient (Wildman–Crippen LogP) is 3.97. The van der Waals surface area contributed by atoms with Crippen LogP contribution >= 0.6 is 0 Å². The zero-order chi connectivity index (χ0) is 19.7. The van der Waals surface area contributed by atoms with Crippen LogP contribution in [-0.2, 0) is 26.7 Å². The van der Waals surface area contributed by atoms with Crippen LogP contribution in [0.25, 0.3) is 0 Å². The Labute approximate surface area is 166 Å². The number of Topliss-reactive ketones (excluding diaryl/α,β-unsaturated/α-hetero) is 4. The molecule has 0 aromatic heterocycles. The van der Waals surface area contributed by atoms with Crippen molar-refractivity contribution in [3.05, 3.63) is 71.3 Å². The minimum absolute atomic E-state index is 0. The Morgan fingerprint density at radius 3 is 1.11 bits per heavy atom. The minimum atomic E-state index is -0.389. The van der Waals surface area contributed by atoms with Gasteiger partial charge in [0, 0.05) is 28.2 Å². The maximum atomic E-state index is 12.4.